The van der Waals surface area contributed by atoms with E-state index in [9.17, 15) is 4.79 Å². The van der Waals surface area contributed by atoms with Gasteiger partial charge < -0.3 is 14.4 Å². The summed E-state index contributed by atoms with van der Waals surface area (Å²) in [5, 5.41) is 3.67. The molecule has 1 aromatic carbocycles. The van der Waals surface area contributed by atoms with Gasteiger partial charge in [0.05, 0.1) is 20.8 Å². The highest BCUT2D eigenvalue weighted by Crippen LogP contribution is 2.30. The van der Waals surface area contributed by atoms with Crippen LogP contribution in [0.1, 0.15) is 89.5 Å². The van der Waals surface area contributed by atoms with Crippen LogP contribution in [0.25, 0.3) is 10.4 Å². The molecule has 1 amide bonds. The molecule has 0 spiro atoms. The molecule has 1 saturated heterocycles. The highest BCUT2D eigenvalue weighted by molar-refractivity contribution is 5.89. The zero-order valence-electron chi connectivity index (χ0n) is 21.8. The number of hydrogen-bond acceptors (Lipinski definition) is 6. The molecule has 196 valence electrons. The van der Waals surface area contributed by atoms with E-state index in [-0.39, 0.29) is 5.91 Å². The minimum atomic E-state index is -0.751. The van der Waals surface area contributed by atoms with E-state index in [4.69, 9.17) is 15.0 Å². The lowest BCUT2D eigenvalue weighted by Crippen LogP contribution is -2.71. The lowest BCUT2D eigenvalue weighted by atomic mass is 10.0. The fraction of sp³-hybridized carbons (Fsp3) is 0.731. The molecule has 1 aliphatic rings. The van der Waals surface area contributed by atoms with Crippen LogP contribution in [0.3, 0.4) is 0 Å². The van der Waals surface area contributed by atoms with Crippen molar-refractivity contribution in [3.63, 3.8) is 0 Å². The molecule has 0 unspecified atom stereocenters. The molecular formula is C26H44N6O3. The predicted molar refractivity (Wildman–Crippen MR) is 139 cm³/mol. The second-order valence-electron chi connectivity index (χ2n) is 9.20. The van der Waals surface area contributed by atoms with E-state index in [2.05, 4.69) is 27.8 Å². The van der Waals surface area contributed by atoms with E-state index in [1.807, 2.05) is 12.1 Å². The fourth-order valence-corrected chi connectivity index (χ4v) is 4.43. The number of amides is 1. The number of carbonyl (C=O) groups excluding carboxylic acids is 1. The van der Waals surface area contributed by atoms with Crippen molar-refractivity contribution in [1.29, 1.82) is 0 Å². The van der Waals surface area contributed by atoms with Crippen LogP contribution in [0.4, 0.5) is 0 Å². The molecule has 9 nitrogen and oxygen atoms in total. The van der Waals surface area contributed by atoms with Crippen LogP contribution in [0, 0.1) is 0 Å². The van der Waals surface area contributed by atoms with Crippen LogP contribution >= 0.6 is 0 Å². The van der Waals surface area contributed by atoms with Crippen LogP contribution in [0.5, 0.6) is 11.5 Å². The lowest BCUT2D eigenvalue weighted by Gasteiger charge is -2.45. The number of hydrogen-bond donors (Lipinski definition) is 2. The van der Waals surface area contributed by atoms with E-state index in [1.165, 1.54) is 70.6 Å². The van der Waals surface area contributed by atoms with Gasteiger partial charge in [0, 0.05) is 23.1 Å². The summed E-state index contributed by atoms with van der Waals surface area (Å²) >= 11 is 0. The Kier molecular flexibility index (Phi) is 14.0. The third-order valence-electron chi connectivity index (χ3n) is 6.59. The smallest absolute Gasteiger partial charge is 0.236 e. The molecule has 9 heteroatoms. The maximum absolute atomic E-state index is 12.6. The van der Waals surface area contributed by atoms with Gasteiger partial charge in [0.2, 0.25) is 5.91 Å². The standard InChI is InChI=1S/C26H44N6O3/c1-4-5-6-7-8-9-10-11-12-13-14-15-18-28-30-25-24(29-31-27)26(33)32(25)20-21-16-17-22(34-2)19-23(21)35-3/h16-17,19,24-25,28,30H,4-15,18,20H2,1-3H3/t24-,25-/m1/s1. The number of β-lactam (4-membered cyclic amide) rings is 1. The number of carbonyl (C=O) groups is 1. The van der Waals surface area contributed by atoms with Crippen molar-refractivity contribution in [3.05, 3.63) is 34.2 Å². The van der Waals surface area contributed by atoms with E-state index < -0.39 is 12.2 Å². The number of nitrogens with zero attached hydrogens (tertiary/aromatic N) is 4. The monoisotopic (exact) mass is 488 g/mol. The molecule has 0 aromatic heterocycles. The van der Waals surface area contributed by atoms with Crippen LogP contribution < -0.4 is 20.3 Å². The van der Waals surface area contributed by atoms with Gasteiger partial charge in [0.15, 0.2) is 6.04 Å². The van der Waals surface area contributed by atoms with Crippen molar-refractivity contribution < 1.29 is 14.3 Å². The zero-order chi connectivity index (χ0) is 25.3. The number of hydrazine groups is 1. The van der Waals surface area contributed by atoms with Gasteiger partial charge in [-0.3, -0.25) is 10.2 Å². The van der Waals surface area contributed by atoms with E-state index in [0.717, 1.165) is 18.5 Å². The average Bonchev–Trinajstić information content (AvgIpc) is 2.88. The number of azide groups is 1. The number of methoxy groups -OCH3 is 2. The van der Waals surface area contributed by atoms with Crippen LogP contribution in [-0.4, -0.2) is 43.8 Å². The average molecular weight is 489 g/mol. The fourth-order valence-electron chi connectivity index (χ4n) is 4.43. The van der Waals surface area contributed by atoms with Gasteiger partial charge >= 0.3 is 0 Å². The van der Waals surface area contributed by atoms with Crippen LogP contribution in [0.2, 0.25) is 0 Å². The summed E-state index contributed by atoms with van der Waals surface area (Å²) in [5.74, 6) is 1.13. The Bertz CT molecular complexity index is 799. The molecule has 1 heterocycles. The summed E-state index contributed by atoms with van der Waals surface area (Å²) in [6, 6.07) is 4.75. The molecule has 2 rings (SSSR count). The molecule has 1 fully saturated rings. The van der Waals surface area contributed by atoms with E-state index >= 15 is 0 Å². The number of benzene rings is 1. The van der Waals surface area contributed by atoms with E-state index in [1.54, 1.807) is 25.2 Å². The van der Waals surface area contributed by atoms with Crippen molar-refractivity contribution in [2.24, 2.45) is 5.11 Å². The third-order valence-corrected chi connectivity index (χ3v) is 6.59. The number of rotatable bonds is 20. The zero-order valence-corrected chi connectivity index (χ0v) is 21.8. The minimum absolute atomic E-state index is 0.203. The minimum Gasteiger partial charge on any atom is -0.497 e. The maximum atomic E-state index is 12.6. The van der Waals surface area contributed by atoms with Crippen LogP contribution in [0.15, 0.2) is 23.3 Å². The van der Waals surface area contributed by atoms with Gasteiger partial charge in [-0.1, -0.05) is 82.7 Å². The van der Waals surface area contributed by atoms with Crippen molar-refractivity contribution in [1.82, 2.24) is 15.8 Å². The Labute approximate surface area is 210 Å². The number of nitrogens with one attached hydrogen (secondary N) is 2. The largest absolute Gasteiger partial charge is 0.497 e. The molecule has 0 radical (unpaired) electrons. The highest BCUT2D eigenvalue weighted by atomic mass is 16.5. The normalized spacial score (nSPS) is 17.1. The Balaban J connectivity index is 1.66. The molecule has 1 aromatic rings. The first-order valence-electron chi connectivity index (χ1n) is 13.2. The summed E-state index contributed by atoms with van der Waals surface area (Å²) in [4.78, 5) is 17.1. The SMILES string of the molecule is CCCCCCCCCCCCCCNN[C@H]1[C@@H](N=[N+]=[N-])C(=O)N1Cc1ccc(OC)cc1OC. The summed E-state index contributed by atoms with van der Waals surface area (Å²) in [5.41, 5.74) is 16.1. The number of likely N-dealkylation sites (tertiary alicyclic amines) is 1. The molecule has 0 bridgehead atoms. The van der Waals surface area contributed by atoms with Crippen molar-refractivity contribution in [3.8, 4) is 11.5 Å². The summed E-state index contributed by atoms with van der Waals surface area (Å²) < 4.78 is 10.7. The van der Waals surface area contributed by atoms with Crippen LogP contribution in [-0.2, 0) is 11.3 Å². The Hall–Kier alpha value is -2.48. The molecule has 0 saturated carbocycles. The first kappa shape index (κ1) is 28.8. The molecular weight excluding hydrogens is 444 g/mol. The molecule has 0 aliphatic carbocycles. The van der Waals surface area contributed by atoms with Gasteiger partial charge in [-0.25, -0.2) is 5.43 Å². The molecule has 2 atom stereocenters. The second-order valence-corrected chi connectivity index (χ2v) is 9.20. The molecule has 2 N–H and O–H groups in total. The highest BCUT2D eigenvalue weighted by Gasteiger charge is 2.46. The number of unbranched alkanes of at least 4 members (excludes halogenated alkanes) is 11. The summed E-state index contributed by atoms with van der Waals surface area (Å²) in [6.45, 7) is 3.41. The van der Waals surface area contributed by atoms with Crippen molar-refractivity contribution in [2.75, 3.05) is 20.8 Å². The van der Waals surface area contributed by atoms with Gasteiger partial charge in [-0.05, 0) is 24.1 Å². The van der Waals surface area contributed by atoms with Gasteiger partial charge in [-0.2, -0.15) is 0 Å². The Morgan fingerprint density at radius 2 is 1.60 bits per heavy atom. The second kappa shape index (κ2) is 17.0. The summed E-state index contributed by atoms with van der Waals surface area (Å²) in [6.07, 6.45) is 15.3. The number of ether oxygens (including phenoxy) is 2. The lowest BCUT2D eigenvalue weighted by molar-refractivity contribution is -0.153. The predicted octanol–water partition coefficient (Wildman–Crippen LogP) is 5.85. The van der Waals surface area contributed by atoms with Crippen molar-refractivity contribution >= 4 is 5.91 Å². The quantitative estimate of drug-likeness (QED) is 0.0597. The van der Waals surface area contributed by atoms with Gasteiger partial charge in [0.1, 0.15) is 17.7 Å². The maximum Gasteiger partial charge on any atom is 0.236 e. The molecule has 1 aliphatic heterocycles. The van der Waals surface area contributed by atoms with E-state index in [0.29, 0.717) is 18.0 Å². The first-order valence-corrected chi connectivity index (χ1v) is 13.2. The summed E-state index contributed by atoms with van der Waals surface area (Å²) in [7, 11) is 3.19. The Morgan fingerprint density at radius 3 is 2.17 bits per heavy atom. The topological polar surface area (TPSA) is 112 Å². The Morgan fingerprint density at radius 1 is 0.971 bits per heavy atom. The van der Waals surface area contributed by atoms with Crippen molar-refractivity contribution in [2.45, 2.75) is 103 Å². The third kappa shape index (κ3) is 9.59. The van der Waals surface area contributed by atoms with Gasteiger partial charge in [-0.15, -0.1) is 0 Å². The molecule has 35 heavy (non-hydrogen) atoms. The first-order chi connectivity index (χ1) is 17.2. The van der Waals surface area contributed by atoms with Gasteiger partial charge in [0.25, 0.3) is 0 Å².